The van der Waals surface area contributed by atoms with E-state index in [0.29, 0.717) is 0 Å². The van der Waals surface area contributed by atoms with E-state index in [4.69, 9.17) is 4.74 Å². The minimum absolute atomic E-state index is 0.00810. The summed E-state index contributed by atoms with van der Waals surface area (Å²) in [5.74, 6) is -0.606. The predicted molar refractivity (Wildman–Crippen MR) is 65.4 cm³/mol. The minimum atomic E-state index is -1.79. The van der Waals surface area contributed by atoms with Crippen LogP contribution in [-0.4, -0.2) is 23.9 Å². The van der Waals surface area contributed by atoms with Crippen molar-refractivity contribution >= 4 is 17.0 Å². The van der Waals surface area contributed by atoms with Crippen molar-refractivity contribution in [2.45, 2.75) is 39.0 Å². The lowest BCUT2D eigenvalue weighted by Gasteiger charge is -2.11. The van der Waals surface area contributed by atoms with Crippen molar-refractivity contribution in [1.29, 1.82) is 0 Å². The van der Waals surface area contributed by atoms with Crippen molar-refractivity contribution in [1.82, 2.24) is 0 Å². The highest BCUT2D eigenvalue weighted by Crippen LogP contribution is 2.22. The van der Waals surface area contributed by atoms with Crippen molar-refractivity contribution in [3.05, 3.63) is 16.2 Å². The predicted octanol–water partition coefficient (Wildman–Crippen LogP) is 2.23. The normalized spacial score (nSPS) is 17.2. The molecule has 0 aromatic rings. The summed E-state index contributed by atoms with van der Waals surface area (Å²) in [6.45, 7) is 1.96. The van der Waals surface area contributed by atoms with Gasteiger partial charge in [0, 0.05) is 0 Å². The fourth-order valence-corrected chi connectivity index (χ4v) is 2.29. The van der Waals surface area contributed by atoms with Gasteiger partial charge in [-0.3, -0.25) is 4.18 Å². The van der Waals surface area contributed by atoms with Crippen molar-refractivity contribution < 1.29 is 17.9 Å². The Morgan fingerprint density at radius 1 is 1.35 bits per heavy atom. The molecule has 0 spiro atoms. The Kier molecular flexibility index (Phi) is 6.19. The van der Waals surface area contributed by atoms with Crippen molar-refractivity contribution in [3.8, 4) is 0 Å². The molecule has 1 saturated carbocycles. The van der Waals surface area contributed by atoms with Crippen LogP contribution in [0, 0.1) is 0 Å². The molecule has 0 N–H and O–H groups in total. The largest absolute Gasteiger partial charge is 0.461 e. The fraction of sp³-hybridized carbons (Fsp3) is 0.667. The number of esters is 1. The highest BCUT2D eigenvalue weighted by Gasteiger charge is 2.19. The topological polar surface area (TPSA) is 52.6 Å². The molecular weight excluding hydrogens is 240 g/mol. The second-order valence-electron chi connectivity index (χ2n) is 3.74. The van der Waals surface area contributed by atoms with E-state index >= 15 is 0 Å². The van der Waals surface area contributed by atoms with Gasteiger partial charge >= 0.3 is 5.97 Å². The first-order chi connectivity index (χ1) is 8.19. The molecular formula is C12H18O4S. The van der Waals surface area contributed by atoms with Crippen molar-refractivity contribution in [2.75, 3.05) is 13.7 Å². The summed E-state index contributed by atoms with van der Waals surface area (Å²) in [4.78, 5) is 11.6. The number of ether oxygens (including phenoxy) is 1. The van der Waals surface area contributed by atoms with Gasteiger partial charge in [0.1, 0.15) is 0 Å². The number of hydrogen-bond acceptors (Lipinski definition) is 4. The van der Waals surface area contributed by atoms with Crippen molar-refractivity contribution in [3.63, 3.8) is 0 Å². The summed E-state index contributed by atoms with van der Waals surface area (Å²) < 4.78 is 21.1. The van der Waals surface area contributed by atoms with Crippen LogP contribution in [0.15, 0.2) is 16.2 Å². The third-order valence-corrected chi connectivity index (χ3v) is 3.43. The van der Waals surface area contributed by atoms with E-state index in [1.165, 1.54) is 13.5 Å². The Balaban J connectivity index is 2.99. The highest BCUT2D eigenvalue weighted by molar-refractivity contribution is 7.85. The molecule has 1 unspecified atom stereocenters. The highest BCUT2D eigenvalue weighted by atomic mass is 32.2. The Labute approximate surface area is 104 Å². The molecule has 0 aromatic heterocycles. The van der Waals surface area contributed by atoms with Crippen LogP contribution in [0.1, 0.15) is 39.0 Å². The summed E-state index contributed by atoms with van der Waals surface area (Å²) >= 11 is -1.79. The van der Waals surface area contributed by atoms with Gasteiger partial charge in [-0.2, -0.15) is 0 Å². The summed E-state index contributed by atoms with van der Waals surface area (Å²) in [7, 11) is 1.29. The summed E-state index contributed by atoms with van der Waals surface area (Å²) in [5, 5.41) is 0. The van der Waals surface area contributed by atoms with Gasteiger partial charge in [-0.25, -0.2) is 9.00 Å². The molecule has 5 heteroatoms. The zero-order valence-electron chi connectivity index (χ0n) is 10.3. The number of rotatable bonds is 4. The summed E-state index contributed by atoms with van der Waals surface area (Å²) in [6.07, 6.45) is 5.21. The molecule has 0 saturated heterocycles. The van der Waals surface area contributed by atoms with Gasteiger partial charge in [0.25, 0.3) is 0 Å². The van der Waals surface area contributed by atoms with Gasteiger partial charge in [-0.15, -0.1) is 0 Å². The number of carbonyl (C=O) groups is 1. The Morgan fingerprint density at radius 3 is 2.53 bits per heavy atom. The monoisotopic (exact) mass is 258 g/mol. The SMILES string of the molecule is CCOC(=O)C(=C=C1CCCCC1)S(=O)OC. The second kappa shape index (κ2) is 7.43. The lowest BCUT2D eigenvalue weighted by Crippen LogP contribution is -2.12. The molecule has 0 aliphatic heterocycles. The van der Waals surface area contributed by atoms with E-state index in [-0.39, 0.29) is 11.5 Å². The average Bonchev–Trinajstić information content (AvgIpc) is 2.36. The first-order valence-electron chi connectivity index (χ1n) is 5.81. The van der Waals surface area contributed by atoms with Gasteiger partial charge < -0.3 is 4.74 Å². The molecule has 0 bridgehead atoms. The fourth-order valence-electron chi connectivity index (χ4n) is 1.70. The minimum Gasteiger partial charge on any atom is -0.461 e. The zero-order valence-corrected chi connectivity index (χ0v) is 11.1. The van der Waals surface area contributed by atoms with E-state index in [1.54, 1.807) is 6.92 Å². The van der Waals surface area contributed by atoms with Gasteiger partial charge in [0.15, 0.2) is 4.91 Å². The third kappa shape index (κ3) is 4.46. The standard InChI is InChI=1S/C12H18O4S/c1-3-16-12(13)11(17(14)15-2)9-10-7-5-4-6-8-10/h3-8H2,1-2H3. The quantitative estimate of drug-likeness (QED) is 0.441. The molecule has 0 heterocycles. The van der Waals surface area contributed by atoms with Crippen LogP contribution in [0.3, 0.4) is 0 Å². The Hall–Kier alpha value is -0.900. The summed E-state index contributed by atoms with van der Waals surface area (Å²) in [5.41, 5.74) is 3.96. The van der Waals surface area contributed by atoms with Crippen LogP contribution in [0.25, 0.3) is 0 Å². The van der Waals surface area contributed by atoms with Crippen LogP contribution in [0.4, 0.5) is 0 Å². The summed E-state index contributed by atoms with van der Waals surface area (Å²) in [6, 6.07) is 0. The maximum Gasteiger partial charge on any atom is 0.357 e. The molecule has 1 aliphatic carbocycles. The van der Waals surface area contributed by atoms with E-state index in [9.17, 15) is 9.00 Å². The number of hydrogen-bond donors (Lipinski definition) is 0. The maximum atomic E-state index is 11.6. The van der Waals surface area contributed by atoms with Gasteiger partial charge in [0.2, 0.25) is 11.1 Å². The lowest BCUT2D eigenvalue weighted by atomic mass is 9.96. The van der Waals surface area contributed by atoms with Gasteiger partial charge in [-0.05, 0) is 38.2 Å². The van der Waals surface area contributed by atoms with E-state index in [0.717, 1.165) is 31.3 Å². The van der Waals surface area contributed by atoms with Crippen LogP contribution in [0.2, 0.25) is 0 Å². The molecule has 1 aliphatic rings. The van der Waals surface area contributed by atoms with Crippen LogP contribution < -0.4 is 0 Å². The second-order valence-corrected chi connectivity index (χ2v) is 4.95. The molecule has 4 nitrogen and oxygen atoms in total. The molecule has 0 aromatic carbocycles. The van der Waals surface area contributed by atoms with E-state index in [1.807, 2.05) is 0 Å². The molecule has 1 fully saturated rings. The number of carbonyl (C=O) groups excluding carboxylic acids is 1. The first-order valence-corrected chi connectivity index (χ1v) is 6.88. The lowest BCUT2D eigenvalue weighted by molar-refractivity contribution is -0.137. The molecule has 0 amide bonds. The van der Waals surface area contributed by atoms with Crippen LogP contribution in [0.5, 0.6) is 0 Å². The molecule has 17 heavy (non-hydrogen) atoms. The van der Waals surface area contributed by atoms with Crippen LogP contribution in [-0.2, 0) is 24.8 Å². The van der Waals surface area contributed by atoms with Gasteiger partial charge in [0.05, 0.1) is 13.7 Å². The first kappa shape index (κ1) is 14.2. The van der Waals surface area contributed by atoms with E-state index < -0.39 is 17.0 Å². The van der Waals surface area contributed by atoms with Crippen molar-refractivity contribution in [2.24, 2.45) is 0 Å². The molecule has 0 radical (unpaired) electrons. The smallest absolute Gasteiger partial charge is 0.357 e. The molecule has 1 atom stereocenters. The third-order valence-electron chi connectivity index (χ3n) is 2.53. The maximum absolute atomic E-state index is 11.6. The molecule has 1 rings (SSSR count). The Bertz CT molecular complexity index is 359. The Morgan fingerprint density at radius 2 is 2.00 bits per heavy atom. The average molecular weight is 258 g/mol. The van der Waals surface area contributed by atoms with Gasteiger partial charge in [-0.1, -0.05) is 12.2 Å². The van der Waals surface area contributed by atoms with E-state index in [2.05, 4.69) is 9.91 Å². The zero-order chi connectivity index (χ0) is 12.7. The molecule has 96 valence electrons. The van der Waals surface area contributed by atoms with Crippen LogP contribution >= 0.6 is 0 Å².